The zero-order valence-corrected chi connectivity index (χ0v) is 6.26. The van der Waals surface area contributed by atoms with Crippen LogP contribution in [-0.2, 0) is 0 Å². The summed E-state index contributed by atoms with van der Waals surface area (Å²) < 4.78 is 4.79. The summed E-state index contributed by atoms with van der Waals surface area (Å²) >= 11 is 1.32. The Bertz CT molecular complexity index is 371. The Morgan fingerprint density at radius 3 is 3.27 bits per heavy atom. The van der Waals surface area contributed by atoms with Gasteiger partial charge in [0.15, 0.2) is 5.75 Å². The summed E-state index contributed by atoms with van der Waals surface area (Å²) in [6.45, 7) is 0. The van der Waals surface area contributed by atoms with Crippen LogP contribution in [0.4, 0.5) is 0 Å². The molecule has 0 aliphatic rings. The van der Waals surface area contributed by atoms with E-state index in [2.05, 4.69) is 15.5 Å². The highest BCUT2D eigenvalue weighted by Gasteiger charge is 2.02. The van der Waals surface area contributed by atoms with Gasteiger partial charge in [0, 0.05) is 0 Å². The van der Waals surface area contributed by atoms with Crippen LogP contribution < -0.4 is 4.89 Å². The van der Waals surface area contributed by atoms with Crippen molar-refractivity contribution in [1.82, 2.24) is 4.37 Å². The second-order valence-electron chi connectivity index (χ2n) is 2.01. The summed E-state index contributed by atoms with van der Waals surface area (Å²) in [4.78, 5) is 4.12. The van der Waals surface area contributed by atoms with E-state index in [4.69, 9.17) is 5.26 Å². The Morgan fingerprint density at radius 2 is 2.45 bits per heavy atom. The number of rotatable bonds is 1. The van der Waals surface area contributed by atoms with Crippen molar-refractivity contribution in [1.29, 1.82) is 0 Å². The Hall–Kier alpha value is -1.13. The molecule has 1 aromatic heterocycles. The molecule has 2 rings (SSSR count). The molecule has 0 bridgehead atoms. The van der Waals surface area contributed by atoms with Crippen LogP contribution in [0.3, 0.4) is 0 Å². The Labute approximate surface area is 67.0 Å². The summed E-state index contributed by atoms with van der Waals surface area (Å²) in [5, 5.41) is 9.13. The summed E-state index contributed by atoms with van der Waals surface area (Å²) in [5.74, 6) is 0.399. The molecule has 1 radical (unpaired) electrons. The van der Waals surface area contributed by atoms with Crippen LogP contribution in [-0.4, -0.2) is 9.63 Å². The van der Waals surface area contributed by atoms with Crippen LogP contribution in [0.15, 0.2) is 18.2 Å². The number of hydrogen-bond acceptors (Lipinski definition) is 4. The van der Waals surface area contributed by atoms with Crippen molar-refractivity contribution in [3.63, 3.8) is 0 Å². The lowest BCUT2D eigenvalue weighted by atomic mass is 10.2. The average Bonchev–Trinajstić information content (AvgIpc) is 2.50. The van der Waals surface area contributed by atoms with E-state index in [-0.39, 0.29) is 0 Å². The fraction of sp³-hybridized carbons (Fsp3) is 0. The predicted molar refractivity (Wildman–Crippen MR) is 41.7 cm³/mol. The molecule has 3 nitrogen and oxygen atoms in total. The minimum atomic E-state index is 0.399. The molecule has 0 unspecified atom stereocenters. The highest BCUT2D eigenvalue weighted by atomic mass is 32.1. The first-order chi connectivity index (χ1) is 5.42. The lowest BCUT2D eigenvalue weighted by molar-refractivity contribution is -0.136. The van der Waals surface area contributed by atoms with Crippen LogP contribution in [0, 0.1) is 6.20 Å². The van der Waals surface area contributed by atoms with E-state index < -0.39 is 0 Å². The number of nitrogens with zero attached hydrogens (tertiary/aromatic N) is 1. The van der Waals surface area contributed by atoms with Crippen molar-refractivity contribution in [2.45, 2.75) is 0 Å². The maximum absolute atomic E-state index is 8.41. The monoisotopic (exact) mass is 166 g/mol. The Balaban J connectivity index is 2.79. The van der Waals surface area contributed by atoms with Crippen LogP contribution >= 0.6 is 11.5 Å². The van der Waals surface area contributed by atoms with Crippen LogP contribution in [0.1, 0.15) is 0 Å². The van der Waals surface area contributed by atoms with Gasteiger partial charge in [-0.15, -0.1) is 0 Å². The van der Waals surface area contributed by atoms with E-state index >= 15 is 0 Å². The van der Waals surface area contributed by atoms with Gasteiger partial charge in [-0.25, -0.2) is 5.26 Å². The molecule has 0 aliphatic heterocycles. The molecule has 4 heteroatoms. The number of fused-ring (bicyclic) bond motifs is 1. The molecule has 0 saturated heterocycles. The van der Waals surface area contributed by atoms with Crippen LogP contribution in [0.2, 0.25) is 0 Å². The summed E-state index contributed by atoms with van der Waals surface area (Å²) in [6, 6.07) is 5.35. The van der Waals surface area contributed by atoms with Gasteiger partial charge in [-0.1, -0.05) is 6.07 Å². The highest BCUT2D eigenvalue weighted by molar-refractivity contribution is 7.13. The maximum atomic E-state index is 8.41. The molecule has 2 aromatic rings. The largest absolute Gasteiger partial charge is 0.339 e. The average molecular weight is 166 g/mol. The zero-order valence-electron chi connectivity index (χ0n) is 5.44. The van der Waals surface area contributed by atoms with Gasteiger partial charge in [-0.3, -0.25) is 0 Å². The van der Waals surface area contributed by atoms with Gasteiger partial charge in [0.1, 0.15) is 6.20 Å². The summed E-state index contributed by atoms with van der Waals surface area (Å²) in [7, 11) is 0. The normalized spacial score (nSPS) is 10.3. The molecule has 0 aliphatic carbocycles. The van der Waals surface area contributed by atoms with Crippen molar-refractivity contribution >= 4 is 21.6 Å². The third kappa shape index (κ3) is 0.961. The molecule has 1 aromatic carbocycles. The molecule has 0 atom stereocenters. The molecule has 55 valence electrons. The molecule has 1 heterocycles. The molecule has 0 saturated carbocycles. The number of benzene rings is 1. The van der Waals surface area contributed by atoms with Gasteiger partial charge >= 0.3 is 0 Å². The van der Waals surface area contributed by atoms with E-state index in [0.717, 1.165) is 10.1 Å². The molecular weight excluding hydrogens is 162 g/mol. The van der Waals surface area contributed by atoms with Crippen molar-refractivity contribution in [2.24, 2.45) is 0 Å². The number of aromatic nitrogens is 1. The van der Waals surface area contributed by atoms with E-state index in [9.17, 15) is 0 Å². The second kappa shape index (κ2) is 2.48. The van der Waals surface area contributed by atoms with E-state index in [0.29, 0.717) is 5.75 Å². The molecule has 0 spiro atoms. The smallest absolute Gasteiger partial charge is 0.176 e. The minimum absolute atomic E-state index is 0.399. The standard InChI is InChI=1S/C7H4NO2S/c9-10-6-2-1-3-7-5(6)4-8-11-7/h1-3,9H. The van der Waals surface area contributed by atoms with Crippen molar-refractivity contribution in [2.75, 3.05) is 0 Å². The first-order valence-electron chi connectivity index (χ1n) is 2.99. The lowest BCUT2D eigenvalue weighted by Gasteiger charge is -1.94. The van der Waals surface area contributed by atoms with Crippen molar-refractivity contribution in [3.8, 4) is 5.75 Å². The fourth-order valence-corrected chi connectivity index (χ4v) is 1.50. The first kappa shape index (κ1) is 6.57. The molecule has 11 heavy (non-hydrogen) atoms. The number of hydrogen-bond donors (Lipinski definition) is 1. The predicted octanol–water partition coefficient (Wildman–Crippen LogP) is 1.95. The van der Waals surface area contributed by atoms with Crippen molar-refractivity contribution in [3.05, 3.63) is 24.4 Å². The van der Waals surface area contributed by atoms with Gasteiger partial charge < -0.3 is 4.89 Å². The van der Waals surface area contributed by atoms with E-state index in [1.165, 1.54) is 11.5 Å². The Kier molecular flexibility index (Phi) is 1.48. The summed E-state index contributed by atoms with van der Waals surface area (Å²) in [6.07, 6.45) is 2.72. The van der Waals surface area contributed by atoms with Gasteiger partial charge in [0.2, 0.25) is 0 Å². The van der Waals surface area contributed by atoms with Crippen molar-refractivity contribution < 1.29 is 10.1 Å². The summed E-state index contributed by atoms with van der Waals surface area (Å²) in [5.41, 5.74) is 0. The molecule has 1 N–H and O–H groups in total. The van der Waals surface area contributed by atoms with Gasteiger partial charge in [0.25, 0.3) is 0 Å². The lowest BCUT2D eigenvalue weighted by Crippen LogP contribution is -1.82. The maximum Gasteiger partial charge on any atom is 0.176 e. The zero-order chi connectivity index (χ0) is 7.68. The van der Waals surface area contributed by atoms with Gasteiger partial charge in [-0.2, -0.15) is 4.37 Å². The minimum Gasteiger partial charge on any atom is -0.339 e. The first-order valence-corrected chi connectivity index (χ1v) is 3.76. The second-order valence-corrected chi connectivity index (χ2v) is 2.82. The van der Waals surface area contributed by atoms with E-state index in [1.54, 1.807) is 12.1 Å². The van der Waals surface area contributed by atoms with Gasteiger partial charge in [0.05, 0.1) is 10.1 Å². The SMILES string of the molecule is OOc1cccc2sn[c]c12. The Morgan fingerprint density at radius 1 is 1.55 bits per heavy atom. The molecular formula is C7H4NO2S. The fourth-order valence-electron chi connectivity index (χ4n) is 0.891. The highest BCUT2D eigenvalue weighted by Crippen LogP contribution is 2.26. The molecule has 0 amide bonds. The van der Waals surface area contributed by atoms with E-state index in [1.807, 2.05) is 6.07 Å². The van der Waals surface area contributed by atoms with Crippen LogP contribution in [0.25, 0.3) is 10.1 Å². The quantitative estimate of drug-likeness (QED) is 0.520. The van der Waals surface area contributed by atoms with Crippen LogP contribution in [0.5, 0.6) is 5.75 Å². The molecule has 0 fully saturated rings. The third-order valence-electron chi connectivity index (χ3n) is 1.39. The topological polar surface area (TPSA) is 42.4 Å². The van der Waals surface area contributed by atoms with Gasteiger partial charge in [-0.05, 0) is 23.7 Å². The third-order valence-corrected chi connectivity index (χ3v) is 2.11.